The predicted molar refractivity (Wildman–Crippen MR) is 345 cm³/mol. The lowest BCUT2D eigenvalue weighted by Gasteiger charge is -2.44. The van der Waals surface area contributed by atoms with Crippen molar-refractivity contribution in [3.63, 3.8) is 0 Å². The second-order valence-electron chi connectivity index (χ2n) is 27.7. The standard InChI is InChI=1S/C77H74N4O2/c1-73(2,3)50-36-37-78-69(43-50)81-65-33-23-30-61-70(65)71-62(77(61)59-28-16-20-34-67(59)83-68-35-21-17-29-60(68)77)45-56(46-66(71)81)82-55-27-22-26-54(44-55)79-47-80(64-32-19-18-31-63(64)79)72-57(48-24-14-13-15-25-48)41-53(76(10,11)12)42-58(72)49-38-51(74(4,5)6)40-52(39-49)75(7,8)9/h13-29,31-46,61H,30,47H2,1-12H3. The summed E-state index contributed by atoms with van der Waals surface area (Å²) in [5.74, 6) is 4.33. The molecule has 2 aromatic heterocycles. The van der Waals surface area contributed by atoms with E-state index in [2.05, 4.69) is 292 Å². The van der Waals surface area contributed by atoms with Crippen LogP contribution in [0.1, 0.15) is 146 Å². The molecule has 0 fully saturated rings. The number of aromatic nitrogens is 2. The zero-order chi connectivity index (χ0) is 57.5. The van der Waals surface area contributed by atoms with Gasteiger partial charge >= 0.3 is 0 Å². The van der Waals surface area contributed by atoms with E-state index < -0.39 is 5.41 Å². The van der Waals surface area contributed by atoms with Crippen molar-refractivity contribution >= 4 is 39.7 Å². The minimum absolute atomic E-state index is 0.0593. The van der Waals surface area contributed by atoms with Crippen molar-refractivity contribution in [2.45, 2.75) is 122 Å². The summed E-state index contributed by atoms with van der Waals surface area (Å²) in [4.78, 5) is 10.2. The monoisotopic (exact) mass is 1090 g/mol. The van der Waals surface area contributed by atoms with Crippen LogP contribution in [0.2, 0.25) is 0 Å². The highest BCUT2D eigenvalue weighted by atomic mass is 16.5. The van der Waals surface area contributed by atoms with Crippen molar-refractivity contribution in [1.29, 1.82) is 0 Å². The summed E-state index contributed by atoms with van der Waals surface area (Å²) < 4.78 is 16.6. The van der Waals surface area contributed by atoms with Crippen LogP contribution in [0.3, 0.4) is 0 Å². The van der Waals surface area contributed by atoms with Gasteiger partial charge in [0.15, 0.2) is 0 Å². The van der Waals surface area contributed by atoms with Crippen LogP contribution >= 0.6 is 0 Å². The lowest BCUT2D eigenvalue weighted by Crippen LogP contribution is -2.37. The molecule has 414 valence electrons. The zero-order valence-electron chi connectivity index (χ0n) is 50.1. The number of fused-ring (bicyclic) bond motifs is 7. The van der Waals surface area contributed by atoms with Gasteiger partial charge in [0.05, 0.1) is 33.7 Å². The fourth-order valence-corrected chi connectivity index (χ4v) is 13.8. The summed E-state index contributed by atoms with van der Waals surface area (Å²) in [6.45, 7) is 28.4. The van der Waals surface area contributed by atoms with E-state index in [1.807, 2.05) is 6.20 Å². The number of ether oxygens (including phenoxy) is 2. The summed E-state index contributed by atoms with van der Waals surface area (Å²) >= 11 is 0. The second-order valence-corrected chi connectivity index (χ2v) is 27.7. The van der Waals surface area contributed by atoms with E-state index in [0.29, 0.717) is 6.67 Å². The van der Waals surface area contributed by atoms with Gasteiger partial charge in [0.25, 0.3) is 0 Å². The summed E-state index contributed by atoms with van der Waals surface area (Å²) in [6, 6.07) is 67.3. The number of nitrogens with zero attached hydrogens (tertiary/aromatic N) is 4. The number of para-hydroxylation sites is 4. The highest BCUT2D eigenvalue weighted by Crippen LogP contribution is 2.67. The Morgan fingerprint density at radius 2 is 1.10 bits per heavy atom. The maximum Gasteiger partial charge on any atom is 0.137 e. The molecule has 83 heavy (non-hydrogen) atoms. The van der Waals surface area contributed by atoms with Crippen LogP contribution in [0.5, 0.6) is 23.0 Å². The molecule has 6 heteroatoms. The van der Waals surface area contributed by atoms with Crippen molar-refractivity contribution in [1.82, 2.24) is 9.55 Å². The summed E-state index contributed by atoms with van der Waals surface area (Å²) in [7, 11) is 0. The number of allylic oxidation sites excluding steroid dienone is 1. The smallest absolute Gasteiger partial charge is 0.137 e. The quantitative estimate of drug-likeness (QED) is 0.159. The van der Waals surface area contributed by atoms with Crippen molar-refractivity contribution in [3.8, 4) is 51.1 Å². The molecular formula is C77H74N4O2. The van der Waals surface area contributed by atoms with Crippen LogP contribution in [-0.4, -0.2) is 16.2 Å². The Morgan fingerprint density at radius 3 is 1.75 bits per heavy atom. The van der Waals surface area contributed by atoms with Crippen LogP contribution in [0.4, 0.5) is 22.7 Å². The Kier molecular flexibility index (Phi) is 11.8. The fraction of sp³-hybridized carbons (Fsp3) is 0.260. The first-order chi connectivity index (χ1) is 39.7. The van der Waals surface area contributed by atoms with Gasteiger partial charge in [-0.25, -0.2) is 4.98 Å². The number of anilines is 4. The van der Waals surface area contributed by atoms with Gasteiger partial charge in [0.2, 0.25) is 0 Å². The van der Waals surface area contributed by atoms with Crippen LogP contribution in [0.15, 0.2) is 194 Å². The van der Waals surface area contributed by atoms with Gasteiger partial charge in [0.1, 0.15) is 35.5 Å². The normalized spacial score (nSPS) is 15.8. The van der Waals surface area contributed by atoms with Gasteiger partial charge in [-0.3, -0.25) is 4.57 Å². The van der Waals surface area contributed by atoms with Crippen LogP contribution in [0.25, 0.3) is 45.1 Å². The molecule has 8 aromatic carbocycles. The molecule has 1 atom stereocenters. The first-order valence-corrected chi connectivity index (χ1v) is 29.7. The average molecular weight is 1090 g/mol. The first kappa shape index (κ1) is 52.5. The molecule has 0 amide bonds. The van der Waals surface area contributed by atoms with Gasteiger partial charge in [-0.2, -0.15) is 0 Å². The molecule has 0 N–H and O–H groups in total. The molecule has 2 aliphatic carbocycles. The van der Waals surface area contributed by atoms with Crippen molar-refractivity contribution in [2.75, 3.05) is 16.5 Å². The van der Waals surface area contributed by atoms with Crippen LogP contribution in [-0.2, 0) is 27.1 Å². The molecule has 0 saturated heterocycles. The Balaban J connectivity index is 0.934. The van der Waals surface area contributed by atoms with E-state index >= 15 is 0 Å². The van der Waals surface area contributed by atoms with E-state index in [1.54, 1.807) is 0 Å². The van der Waals surface area contributed by atoms with E-state index in [1.165, 1.54) is 83.5 Å². The molecule has 0 radical (unpaired) electrons. The maximum absolute atomic E-state index is 7.38. The molecule has 14 rings (SSSR count). The largest absolute Gasteiger partial charge is 0.457 e. The van der Waals surface area contributed by atoms with Gasteiger partial charge in [-0.05, 0) is 145 Å². The number of benzene rings is 8. The third kappa shape index (κ3) is 8.45. The van der Waals surface area contributed by atoms with Crippen LogP contribution < -0.4 is 19.3 Å². The molecule has 4 aliphatic rings. The Hall–Kier alpha value is -8.61. The first-order valence-electron chi connectivity index (χ1n) is 29.7. The number of hydrogen-bond acceptors (Lipinski definition) is 5. The van der Waals surface area contributed by atoms with Crippen molar-refractivity contribution in [2.24, 2.45) is 0 Å². The third-order valence-electron chi connectivity index (χ3n) is 18.2. The lowest BCUT2D eigenvalue weighted by molar-refractivity contribution is 0.389. The summed E-state index contributed by atoms with van der Waals surface area (Å²) in [5.41, 5.74) is 21.0. The van der Waals surface area contributed by atoms with E-state index in [9.17, 15) is 0 Å². The molecule has 6 nitrogen and oxygen atoms in total. The molecule has 1 unspecified atom stereocenters. The minimum atomic E-state index is -0.539. The number of pyridine rings is 1. The highest BCUT2D eigenvalue weighted by Gasteiger charge is 2.57. The SMILES string of the molecule is CC(C)(C)c1cc(-c2cc(C(C)(C)C)cc(-c3ccccc3)c2N2CN(c3cccc(Oc4cc5c6c7c(n(-c8cc(C(C)(C)C)ccn8)c6c4)C=CCC7C54c5ccccc5Oc5ccccc54)c3)c3ccccc32)cc(C(C)(C)C)c1. The molecule has 10 aromatic rings. The van der Waals surface area contributed by atoms with Gasteiger partial charge in [0, 0.05) is 57.6 Å². The lowest BCUT2D eigenvalue weighted by atomic mass is 9.61. The number of rotatable bonds is 7. The summed E-state index contributed by atoms with van der Waals surface area (Å²) in [6.07, 6.45) is 7.55. The highest BCUT2D eigenvalue weighted by molar-refractivity contribution is 6.02. The molecule has 0 saturated carbocycles. The molecular weight excluding hydrogens is 1010 g/mol. The minimum Gasteiger partial charge on any atom is -0.457 e. The fourth-order valence-electron chi connectivity index (χ4n) is 13.8. The van der Waals surface area contributed by atoms with Gasteiger partial charge < -0.3 is 19.3 Å². The average Bonchev–Trinajstić information content (AvgIpc) is 1.55. The van der Waals surface area contributed by atoms with Crippen LogP contribution in [0, 0.1) is 0 Å². The Bertz CT molecular complexity index is 4210. The molecule has 1 spiro atoms. The predicted octanol–water partition coefficient (Wildman–Crippen LogP) is 20.5. The van der Waals surface area contributed by atoms with E-state index in [-0.39, 0.29) is 27.6 Å². The number of hydrogen-bond donors (Lipinski definition) is 0. The van der Waals surface area contributed by atoms with E-state index in [4.69, 9.17) is 14.5 Å². The van der Waals surface area contributed by atoms with E-state index in [0.717, 1.165) is 57.8 Å². The van der Waals surface area contributed by atoms with Gasteiger partial charge in [-0.15, -0.1) is 0 Å². The Morgan fingerprint density at radius 1 is 0.506 bits per heavy atom. The maximum atomic E-state index is 7.38. The van der Waals surface area contributed by atoms with Gasteiger partial charge in [-0.1, -0.05) is 192 Å². The zero-order valence-corrected chi connectivity index (χ0v) is 50.1. The third-order valence-corrected chi connectivity index (χ3v) is 18.2. The van der Waals surface area contributed by atoms with Crippen molar-refractivity contribution in [3.05, 3.63) is 244 Å². The summed E-state index contributed by atoms with van der Waals surface area (Å²) in [5, 5.41) is 1.27. The van der Waals surface area contributed by atoms with Crippen molar-refractivity contribution < 1.29 is 9.47 Å². The topological polar surface area (TPSA) is 42.8 Å². The molecule has 2 aliphatic heterocycles. The second kappa shape index (κ2) is 18.7. The molecule has 4 heterocycles. The Labute approximate surface area is 490 Å². The molecule has 0 bridgehead atoms.